The Morgan fingerprint density at radius 2 is 1.33 bits per heavy atom. The van der Waals surface area contributed by atoms with Crippen molar-refractivity contribution in [2.45, 2.75) is 26.2 Å². The number of hydrogen-bond donors (Lipinski definition) is 0. The van der Waals surface area contributed by atoms with Crippen LogP contribution < -0.4 is 0 Å². The maximum Gasteiger partial charge on any atom is 0.310 e. The zero-order chi connectivity index (χ0) is 7.33. The highest BCUT2D eigenvalue weighted by Gasteiger charge is 2.21. The molecule has 0 aliphatic heterocycles. The predicted octanol–water partition coefficient (Wildman–Crippen LogP) is 1.06. The SMILES string of the molecule is C[Si]O[Si](C)(C)O[Si]C. The van der Waals surface area contributed by atoms with Crippen LogP contribution in [0.1, 0.15) is 0 Å². The van der Waals surface area contributed by atoms with Gasteiger partial charge in [0.2, 0.25) is 19.5 Å². The van der Waals surface area contributed by atoms with Crippen molar-refractivity contribution in [3.8, 4) is 0 Å². The van der Waals surface area contributed by atoms with Crippen LogP contribution in [0, 0.1) is 0 Å². The Bertz CT molecular complexity index is 68.2. The molecular formula is C4H12O2Si3. The van der Waals surface area contributed by atoms with E-state index in [4.69, 9.17) is 8.23 Å². The molecule has 9 heavy (non-hydrogen) atoms. The van der Waals surface area contributed by atoms with Gasteiger partial charge in [0.1, 0.15) is 0 Å². The average Bonchev–Trinajstić information content (AvgIpc) is 1.64. The van der Waals surface area contributed by atoms with Crippen LogP contribution >= 0.6 is 0 Å². The molecule has 0 rings (SSSR count). The summed E-state index contributed by atoms with van der Waals surface area (Å²) in [5.41, 5.74) is 0. The lowest BCUT2D eigenvalue weighted by atomic mass is 11.9. The first-order valence-corrected chi connectivity index (χ1v) is 8.45. The van der Waals surface area contributed by atoms with Crippen LogP contribution in [0.4, 0.5) is 0 Å². The van der Waals surface area contributed by atoms with Crippen LogP contribution in [-0.4, -0.2) is 28.1 Å². The zero-order valence-corrected chi connectivity index (χ0v) is 9.32. The van der Waals surface area contributed by atoms with E-state index in [0.29, 0.717) is 19.5 Å². The molecule has 0 heterocycles. The van der Waals surface area contributed by atoms with Gasteiger partial charge in [0.05, 0.1) is 0 Å². The quantitative estimate of drug-likeness (QED) is 0.596. The molecule has 0 saturated carbocycles. The van der Waals surface area contributed by atoms with E-state index in [1.54, 1.807) is 0 Å². The molecule has 0 amide bonds. The highest BCUT2D eigenvalue weighted by Crippen LogP contribution is 2.02. The van der Waals surface area contributed by atoms with Gasteiger partial charge in [-0.1, -0.05) is 0 Å². The molecular weight excluding hydrogens is 164 g/mol. The lowest BCUT2D eigenvalue weighted by Crippen LogP contribution is -2.36. The number of hydrogen-bond acceptors (Lipinski definition) is 2. The molecule has 0 saturated heterocycles. The second-order valence-electron chi connectivity index (χ2n) is 2.01. The molecule has 0 N–H and O–H groups in total. The van der Waals surface area contributed by atoms with Crippen LogP contribution in [-0.2, 0) is 8.23 Å². The van der Waals surface area contributed by atoms with E-state index >= 15 is 0 Å². The predicted molar refractivity (Wildman–Crippen MR) is 42.9 cm³/mol. The Labute approximate surface area is 63.1 Å². The summed E-state index contributed by atoms with van der Waals surface area (Å²) in [6.07, 6.45) is 0. The molecule has 0 unspecified atom stereocenters. The summed E-state index contributed by atoms with van der Waals surface area (Å²) in [4.78, 5) is 0. The molecule has 0 aromatic heterocycles. The normalized spacial score (nSPS) is 12.0. The van der Waals surface area contributed by atoms with Gasteiger partial charge >= 0.3 is 8.56 Å². The van der Waals surface area contributed by atoms with Crippen molar-refractivity contribution in [1.82, 2.24) is 0 Å². The lowest BCUT2D eigenvalue weighted by molar-refractivity contribution is 0.431. The van der Waals surface area contributed by atoms with Crippen LogP contribution in [0.3, 0.4) is 0 Å². The third kappa shape index (κ3) is 5.04. The van der Waals surface area contributed by atoms with Gasteiger partial charge in [-0.2, -0.15) is 0 Å². The van der Waals surface area contributed by atoms with Crippen LogP contribution in [0.15, 0.2) is 0 Å². The van der Waals surface area contributed by atoms with Crippen LogP contribution in [0.5, 0.6) is 0 Å². The fourth-order valence-electron chi connectivity index (χ4n) is 0.512. The van der Waals surface area contributed by atoms with Crippen LogP contribution in [0.2, 0.25) is 26.2 Å². The minimum Gasteiger partial charge on any atom is -0.437 e. The minimum absolute atomic E-state index is 0.560. The number of rotatable bonds is 4. The Kier molecular flexibility index (Phi) is 4.67. The molecule has 0 atom stereocenters. The lowest BCUT2D eigenvalue weighted by Gasteiger charge is -2.20. The van der Waals surface area contributed by atoms with E-state index in [0.717, 1.165) is 0 Å². The molecule has 0 aromatic carbocycles. The summed E-state index contributed by atoms with van der Waals surface area (Å²) in [5.74, 6) is 0. The molecule has 2 nitrogen and oxygen atoms in total. The molecule has 52 valence electrons. The van der Waals surface area contributed by atoms with E-state index in [2.05, 4.69) is 13.1 Å². The second kappa shape index (κ2) is 4.40. The molecule has 0 aliphatic rings. The van der Waals surface area contributed by atoms with Gasteiger partial charge in [-0.15, -0.1) is 0 Å². The van der Waals surface area contributed by atoms with Gasteiger partial charge in [-0.05, 0) is 26.2 Å². The maximum absolute atomic E-state index is 5.42. The smallest absolute Gasteiger partial charge is 0.310 e. The summed E-state index contributed by atoms with van der Waals surface area (Å²) in [7, 11) is -0.558. The first kappa shape index (κ1) is 9.57. The van der Waals surface area contributed by atoms with E-state index < -0.39 is 8.56 Å². The third-order valence-corrected chi connectivity index (χ3v) is 6.26. The van der Waals surface area contributed by atoms with Crippen molar-refractivity contribution in [2.24, 2.45) is 0 Å². The van der Waals surface area contributed by atoms with E-state index in [-0.39, 0.29) is 0 Å². The molecule has 4 radical (unpaired) electrons. The largest absolute Gasteiger partial charge is 0.437 e. The minimum atomic E-state index is -1.68. The van der Waals surface area contributed by atoms with Crippen molar-refractivity contribution >= 4 is 28.1 Å². The Morgan fingerprint density at radius 1 is 1.00 bits per heavy atom. The average molecular weight is 176 g/mol. The van der Waals surface area contributed by atoms with Gasteiger partial charge in [0.25, 0.3) is 0 Å². The summed E-state index contributed by atoms with van der Waals surface area (Å²) in [6, 6.07) is 0. The second-order valence-corrected chi connectivity index (χ2v) is 7.26. The molecule has 0 bridgehead atoms. The van der Waals surface area contributed by atoms with Crippen molar-refractivity contribution in [3.63, 3.8) is 0 Å². The Morgan fingerprint density at radius 3 is 1.56 bits per heavy atom. The van der Waals surface area contributed by atoms with Gasteiger partial charge in [-0.25, -0.2) is 0 Å². The van der Waals surface area contributed by atoms with Crippen molar-refractivity contribution in [2.75, 3.05) is 0 Å². The van der Waals surface area contributed by atoms with E-state index in [1.807, 2.05) is 13.1 Å². The molecule has 0 spiro atoms. The van der Waals surface area contributed by atoms with Gasteiger partial charge < -0.3 is 8.23 Å². The zero-order valence-electron chi connectivity index (χ0n) is 6.32. The summed E-state index contributed by atoms with van der Waals surface area (Å²) < 4.78 is 10.8. The highest BCUT2D eigenvalue weighted by molar-refractivity contribution is 6.72. The van der Waals surface area contributed by atoms with Crippen molar-refractivity contribution < 1.29 is 8.23 Å². The third-order valence-electron chi connectivity index (χ3n) is 0.696. The maximum atomic E-state index is 5.42. The standard InChI is InChI=1S/C4H12O2Si3/c1-7-5-9(3,4)6-8-2/h1-4H3. The Hall–Kier alpha value is 0.571. The first-order chi connectivity index (χ1) is 4.12. The summed E-state index contributed by atoms with van der Waals surface area (Å²) in [5, 5.41) is 0. The van der Waals surface area contributed by atoms with Gasteiger partial charge in [-0.3, -0.25) is 0 Å². The van der Waals surface area contributed by atoms with Crippen LogP contribution in [0.25, 0.3) is 0 Å². The highest BCUT2D eigenvalue weighted by atomic mass is 28.4. The molecule has 5 heteroatoms. The monoisotopic (exact) mass is 176 g/mol. The summed E-state index contributed by atoms with van der Waals surface area (Å²) in [6.45, 7) is 8.19. The van der Waals surface area contributed by atoms with Crippen molar-refractivity contribution in [1.29, 1.82) is 0 Å². The summed E-state index contributed by atoms with van der Waals surface area (Å²) >= 11 is 0. The fourth-order valence-corrected chi connectivity index (χ4v) is 4.99. The van der Waals surface area contributed by atoms with Gasteiger partial charge in [0.15, 0.2) is 0 Å². The topological polar surface area (TPSA) is 18.5 Å². The Balaban J connectivity index is 3.43. The van der Waals surface area contributed by atoms with E-state index in [9.17, 15) is 0 Å². The molecule has 0 aliphatic carbocycles. The van der Waals surface area contributed by atoms with Crippen molar-refractivity contribution in [3.05, 3.63) is 0 Å². The molecule has 0 fully saturated rings. The van der Waals surface area contributed by atoms with E-state index in [1.165, 1.54) is 0 Å². The molecule has 0 aromatic rings. The first-order valence-electron chi connectivity index (χ1n) is 2.82. The van der Waals surface area contributed by atoms with Gasteiger partial charge in [0, 0.05) is 0 Å². The fraction of sp³-hybridized carbons (Fsp3) is 1.00.